The van der Waals surface area contributed by atoms with Gasteiger partial charge in [-0.15, -0.1) is 0 Å². The Hall–Kier alpha value is -4.86. The molecule has 0 aliphatic carbocycles. The van der Waals surface area contributed by atoms with Crippen LogP contribution in [0.3, 0.4) is 0 Å². The number of amides is 5. The number of carbonyl (C=O) groups is 4. The summed E-state index contributed by atoms with van der Waals surface area (Å²) in [5, 5.41) is 14.7. The number of alkyl carbamates (subject to hydrolysis) is 1. The second kappa shape index (κ2) is 13.9. The van der Waals surface area contributed by atoms with Gasteiger partial charge in [-0.3, -0.25) is 9.59 Å². The van der Waals surface area contributed by atoms with Gasteiger partial charge in [0.05, 0.1) is 22.6 Å². The van der Waals surface area contributed by atoms with Gasteiger partial charge in [0, 0.05) is 23.0 Å². The monoisotopic (exact) mass is 641 g/mol. The molecule has 250 valence electrons. The van der Waals surface area contributed by atoms with Gasteiger partial charge in [-0.05, 0) is 104 Å². The van der Waals surface area contributed by atoms with Crippen LogP contribution in [-0.4, -0.2) is 41.1 Å². The molecule has 0 fully saturated rings. The van der Waals surface area contributed by atoms with Gasteiger partial charge in [-0.1, -0.05) is 48.5 Å². The molecule has 4 rings (SSSR count). The van der Waals surface area contributed by atoms with Gasteiger partial charge in [-0.25, -0.2) is 9.59 Å². The lowest BCUT2D eigenvalue weighted by atomic mass is 9.62. The van der Waals surface area contributed by atoms with Crippen molar-refractivity contribution in [3.8, 4) is 11.1 Å². The first kappa shape index (κ1) is 35.0. The SMILES string of the molecule is CC(C)NC(=O)Nc1ccccc1-c1ccc(NC(=O)C(C)([C@H]2CCc3ccccc3NC2=O)C(C)(C)NC(=O)OC(C)(C)C)cc1. The molecule has 0 saturated heterocycles. The quantitative estimate of drug-likeness (QED) is 0.175. The summed E-state index contributed by atoms with van der Waals surface area (Å²) in [6.07, 6.45) is 0.277. The number of aryl methyl sites for hydroxylation is 1. The molecule has 10 nitrogen and oxygen atoms in total. The fourth-order valence-corrected chi connectivity index (χ4v) is 5.89. The third-order valence-corrected chi connectivity index (χ3v) is 8.62. The molecule has 1 aliphatic rings. The van der Waals surface area contributed by atoms with Gasteiger partial charge in [0.25, 0.3) is 0 Å². The minimum absolute atomic E-state index is 0.0144. The van der Waals surface area contributed by atoms with E-state index in [9.17, 15) is 19.2 Å². The van der Waals surface area contributed by atoms with Gasteiger partial charge < -0.3 is 31.3 Å². The molecule has 3 aromatic carbocycles. The summed E-state index contributed by atoms with van der Waals surface area (Å²) in [5.41, 5.74) is 1.10. The lowest BCUT2D eigenvalue weighted by molar-refractivity contribution is -0.141. The number of rotatable bonds is 8. The number of hydrogen-bond donors (Lipinski definition) is 5. The van der Waals surface area contributed by atoms with Gasteiger partial charge in [0.15, 0.2) is 0 Å². The zero-order valence-corrected chi connectivity index (χ0v) is 28.5. The minimum Gasteiger partial charge on any atom is -0.444 e. The number of hydrogen-bond acceptors (Lipinski definition) is 5. The Morgan fingerprint density at radius 2 is 1.49 bits per heavy atom. The highest BCUT2D eigenvalue weighted by atomic mass is 16.6. The maximum atomic E-state index is 14.5. The van der Waals surface area contributed by atoms with Crippen LogP contribution in [-0.2, 0) is 20.7 Å². The summed E-state index contributed by atoms with van der Waals surface area (Å²) in [4.78, 5) is 53.7. The minimum atomic E-state index is -1.42. The summed E-state index contributed by atoms with van der Waals surface area (Å²) in [6.45, 7) is 14.3. The zero-order chi connectivity index (χ0) is 34.6. The van der Waals surface area contributed by atoms with Crippen LogP contribution in [0.2, 0.25) is 0 Å². The Balaban J connectivity index is 1.64. The average molecular weight is 642 g/mol. The first-order chi connectivity index (χ1) is 22.0. The number of benzene rings is 3. The van der Waals surface area contributed by atoms with Crippen molar-refractivity contribution in [3.63, 3.8) is 0 Å². The number of ether oxygens (including phenoxy) is 1. The molecule has 0 spiro atoms. The van der Waals surface area contributed by atoms with Crippen molar-refractivity contribution in [2.24, 2.45) is 11.3 Å². The maximum Gasteiger partial charge on any atom is 0.408 e. The third-order valence-electron chi connectivity index (χ3n) is 8.62. The number of carbonyl (C=O) groups excluding carboxylic acids is 4. The first-order valence-electron chi connectivity index (χ1n) is 16.0. The smallest absolute Gasteiger partial charge is 0.408 e. The fraction of sp³-hybridized carbons (Fsp3) is 0.405. The Morgan fingerprint density at radius 1 is 0.851 bits per heavy atom. The van der Waals surface area contributed by atoms with Crippen LogP contribution in [0.4, 0.5) is 26.7 Å². The molecule has 0 aromatic heterocycles. The largest absolute Gasteiger partial charge is 0.444 e. The topological polar surface area (TPSA) is 138 Å². The lowest BCUT2D eigenvalue weighted by Gasteiger charge is -2.47. The molecule has 5 N–H and O–H groups in total. The summed E-state index contributed by atoms with van der Waals surface area (Å²) in [6, 6.07) is 22.0. The normalized spacial score (nSPS) is 16.1. The van der Waals surface area contributed by atoms with Crippen LogP contribution in [0.1, 0.15) is 67.4 Å². The van der Waals surface area contributed by atoms with Crippen molar-refractivity contribution in [1.82, 2.24) is 10.6 Å². The van der Waals surface area contributed by atoms with Crippen molar-refractivity contribution in [2.75, 3.05) is 16.0 Å². The fourth-order valence-electron chi connectivity index (χ4n) is 5.89. The molecule has 0 radical (unpaired) electrons. The molecule has 0 saturated carbocycles. The van der Waals surface area contributed by atoms with E-state index >= 15 is 0 Å². The van der Waals surface area contributed by atoms with Crippen molar-refractivity contribution in [3.05, 3.63) is 78.4 Å². The van der Waals surface area contributed by atoms with Crippen LogP contribution in [0, 0.1) is 11.3 Å². The van der Waals surface area contributed by atoms with E-state index in [4.69, 9.17) is 4.74 Å². The maximum absolute atomic E-state index is 14.5. The standard InChI is InChI=1S/C37H47N5O5/c1-23(2)38-33(45)41-30-16-12-10-14-27(30)24-17-20-26(21-18-24)39-32(44)37(8,36(6,7)42-34(46)47-35(3,4)5)28-22-19-25-13-9-11-15-29(25)40-31(28)43/h9-18,20-21,23,28H,19,22H2,1-8H3,(H,39,44)(H,40,43)(H,42,46)(H2,38,41,45)/t28-,37?/m0/s1. The van der Waals surface area contributed by atoms with Gasteiger partial charge >= 0.3 is 12.1 Å². The second-order valence-electron chi connectivity index (χ2n) is 14.0. The first-order valence-corrected chi connectivity index (χ1v) is 16.0. The number of anilines is 3. The Kier molecular flexibility index (Phi) is 10.3. The van der Waals surface area contributed by atoms with Crippen LogP contribution in [0.25, 0.3) is 11.1 Å². The molecular weight excluding hydrogens is 594 g/mol. The number of fused-ring (bicyclic) bond motifs is 1. The van der Waals surface area contributed by atoms with Gasteiger partial charge in [0.2, 0.25) is 11.8 Å². The zero-order valence-electron chi connectivity index (χ0n) is 28.5. The third kappa shape index (κ3) is 8.30. The Bertz CT molecular complexity index is 1630. The van der Waals surface area contributed by atoms with E-state index in [-0.39, 0.29) is 18.0 Å². The van der Waals surface area contributed by atoms with Crippen LogP contribution in [0.15, 0.2) is 72.8 Å². The Morgan fingerprint density at radius 3 is 2.15 bits per heavy atom. The predicted molar refractivity (Wildman–Crippen MR) is 186 cm³/mol. The molecule has 3 aromatic rings. The number of nitrogens with one attached hydrogen (secondary N) is 5. The summed E-state index contributed by atoms with van der Waals surface area (Å²) in [7, 11) is 0. The molecule has 1 unspecified atom stereocenters. The molecule has 5 amide bonds. The second-order valence-corrected chi connectivity index (χ2v) is 14.0. The molecular formula is C37H47N5O5. The van der Waals surface area contributed by atoms with E-state index in [1.807, 2.05) is 74.5 Å². The van der Waals surface area contributed by atoms with Crippen molar-refractivity contribution < 1.29 is 23.9 Å². The van der Waals surface area contributed by atoms with Crippen molar-refractivity contribution in [2.45, 2.75) is 85.4 Å². The molecule has 47 heavy (non-hydrogen) atoms. The van der Waals surface area contributed by atoms with Crippen molar-refractivity contribution in [1.29, 1.82) is 0 Å². The molecule has 10 heteroatoms. The van der Waals surface area contributed by atoms with Gasteiger partial charge in [0.1, 0.15) is 5.60 Å². The summed E-state index contributed by atoms with van der Waals surface area (Å²) >= 11 is 0. The molecule has 1 aliphatic heterocycles. The van der Waals surface area contributed by atoms with Crippen LogP contribution < -0.4 is 26.6 Å². The summed E-state index contributed by atoms with van der Waals surface area (Å²) < 4.78 is 5.55. The highest BCUT2D eigenvalue weighted by Gasteiger charge is 2.56. The predicted octanol–water partition coefficient (Wildman–Crippen LogP) is 7.33. The van der Waals surface area contributed by atoms with Gasteiger partial charge in [-0.2, -0.15) is 0 Å². The highest BCUT2D eigenvalue weighted by Crippen LogP contribution is 2.44. The van der Waals surface area contributed by atoms with E-state index in [1.165, 1.54) is 0 Å². The highest BCUT2D eigenvalue weighted by molar-refractivity contribution is 6.03. The Labute approximate surface area is 277 Å². The summed E-state index contributed by atoms with van der Waals surface area (Å²) in [5.74, 6) is -1.52. The number of urea groups is 1. The van der Waals surface area contributed by atoms with Crippen LogP contribution in [0.5, 0.6) is 0 Å². The van der Waals surface area contributed by atoms with E-state index in [0.29, 0.717) is 29.9 Å². The molecule has 2 atom stereocenters. The number of para-hydroxylation sites is 2. The van der Waals surface area contributed by atoms with E-state index in [0.717, 1.165) is 16.7 Å². The molecule has 1 heterocycles. The van der Waals surface area contributed by atoms with Crippen molar-refractivity contribution >= 4 is 41.0 Å². The van der Waals surface area contributed by atoms with E-state index in [2.05, 4.69) is 26.6 Å². The average Bonchev–Trinajstić information content (AvgIpc) is 3.13. The van der Waals surface area contributed by atoms with E-state index in [1.54, 1.807) is 53.7 Å². The van der Waals surface area contributed by atoms with Crippen LogP contribution >= 0.6 is 0 Å². The van der Waals surface area contributed by atoms with E-state index < -0.39 is 34.5 Å². The molecule has 0 bridgehead atoms. The lowest BCUT2D eigenvalue weighted by Crippen LogP contribution is -2.64.